The Kier molecular flexibility index (Phi) is 5.40. The van der Waals surface area contributed by atoms with E-state index in [0.717, 1.165) is 19.3 Å². The van der Waals surface area contributed by atoms with Gasteiger partial charge in [0, 0.05) is 0 Å². The summed E-state index contributed by atoms with van der Waals surface area (Å²) in [5, 5.41) is 23.7. The number of nitrogens with one attached hydrogen (secondary N) is 2. The van der Waals surface area contributed by atoms with Crippen molar-refractivity contribution >= 4 is 12.0 Å². The van der Waals surface area contributed by atoms with E-state index < -0.39 is 24.1 Å². The molecule has 6 nitrogen and oxygen atoms in total. The van der Waals surface area contributed by atoms with Gasteiger partial charge in [0.15, 0.2) is 0 Å². The molecule has 4 N–H and O–H groups in total. The fourth-order valence-corrected chi connectivity index (χ4v) is 2.14. The van der Waals surface area contributed by atoms with Crippen LogP contribution in [0.15, 0.2) is 0 Å². The van der Waals surface area contributed by atoms with Gasteiger partial charge in [-0.25, -0.2) is 9.59 Å². The summed E-state index contributed by atoms with van der Waals surface area (Å²) in [5.74, 6) is -1.24. The van der Waals surface area contributed by atoms with Crippen LogP contribution in [0.4, 0.5) is 4.79 Å². The number of urea groups is 1. The third-order valence-corrected chi connectivity index (χ3v) is 3.27. The highest BCUT2D eigenvalue weighted by molar-refractivity contribution is 5.82. The third kappa shape index (κ3) is 4.18. The molecule has 0 aromatic rings. The molecule has 0 aliphatic heterocycles. The molecule has 2 unspecified atom stereocenters. The van der Waals surface area contributed by atoms with Crippen LogP contribution < -0.4 is 10.6 Å². The number of rotatable bonds is 4. The van der Waals surface area contributed by atoms with Crippen LogP contribution in [0.1, 0.15) is 39.5 Å². The maximum absolute atomic E-state index is 11.7. The molecule has 1 saturated carbocycles. The first kappa shape index (κ1) is 14.8. The Hall–Kier alpha value is -1.30. The summed E-state index contributed by atoms with van der Waals surface area (Å²) < 4.78 is 0. The zero-order valence-corrected chi connectivity index (χ0v) is 10.8. The van der Waals surface area contributed by atoms with Gasteiger partial charge < -0.3 is 20.8 Å². The molecule has 1 fully saturated rings. The monoisotopic (exact) mass is 258 g/mol. The molecule has 0 heterocycles. The quantitative estimate of drug-likeness (QED) is 0.596. The van der Waals surface area contributed by atoms with Gasteiger partial charge >= 0.3 is 12.0 Å². The van der Waals surface area contributed by atoms with Crippen molar-refractivity contribution < 1.29 is 19.8 Å². The molecular weight excluding hydrogens is 236 g/mol. The van der Waals surface area contributed by atoms with Gasteiger partial charge in [-0.3, -0.25) is 0 Å². The van der Waals surface area contributed by atoms with Gasteiger partial charge in [0.25, 0.3) is 0 Å². The normalized spacial score (nSPS) is 25.6. The van der Waals surface area contributed by atoms with E-state index in [2.05, 4.69) is 10.6 Å². The minimum absolute atomic E-state index is 0.190. The van der Waals surface area contributed by atoms with E-state index in [4.69, 9.17) is 5.11 Å². The number of carboxylic acids is 1. The van der Waals surface area contributed by atoms with Crippen LogP contribution in [0.3, 0.4) is 0 Å². The molecular formula is C12H22N2O4. The van der Waals surface area contributed by atoms with E-state index in [9.17, 15) is 14.7 Å². The summed E-state index contributed by atoms with van der Waals surface area (Å²) in [6.07, 6.45) is 2.80. The molecule has 1 rings (SSSR count). The number of hydrogen-bond donors (Lipinski definition) is 4. The van der Waals surface area contributed by atoms with E-state index in [0.29, 0.717) is 6.42 Å². The van der Waals surface area contributed by atoms with Gasteiger partial charge in [-0.1, -0.05) is 26.7 Å². The smallest absolute Gasteiger partial charge is 0.326 e. The Bertz CT molecular complexity index is 306. The topological polar surface area (TPSA) is 98.7 Å². The minimum atomic E-state index is -1.05. The molecule has 0 aromatic carbocycles. The zero-order valence-electron chi connectivity index (χ0n) is 10.8. The van der Waals surface area contributed by atoms with Crippen LogP contribution in [0.2, 0.25) is 0 Å². The van der Waals surface area contributed by atoms with Crippen molar-refractivity contribution in [3.05, 3.63) is 0 Å². The first-order chi connectivity index (χ1) is 8.41. The molecule has 18 heavy (non-hydrogen) atoms. The van der Waals surface area contributed by atoms with Crippen molar-refractivity contribution in [3.8, 4) is 0 Å². The standard InChI is InChI=1S/C12H22N2O4/c1-7(2)10(11(16)17)14-12(18)13-8-5-3-4-6-9(8)15/h7-10,15H,3-6H2,1-2H3,(H,16,17)(H2,13,14,18)/t8?,9?,10-/m0/s1. The van der Waals surface area contributed by atoms with Crippen LogP contribution in [-0.4, -0.2) is 40.4 Å². The van der Waals surface area contributed by atoms with Crippen molar-refractivity contribution in [3.63, 3.8) is 0 Å². The summed E-state index contributed by atoms with van der Waals surface area (Å²) >= 11 is 0. The highest BCUT2D eigenvalue weighted by Gasteiger charge is 2.27. The molecule has 6 heteroatoms. The second-order valence-corrected chi connectivity index (χ2v) is 5.14. The highest BCUT2D eigenvalue weighted by atomic mass is 16.4. The highest BCUT2D eigenvalue weighted by Crippen LogP contribution is 2.18. The number of hydrogen-bond acceptors (Lipinski definition) is 3. The van der Waals surface area contributed by atoms with E-state index in [1.807, 2.05) is 0 Å². The Morgan fingerprint density at radius 2 is 1.83 bits per heavy atom. The maximum Gasteiger partial charge on any atom is 0.326 e. The molecule has 2 amide bonds. The third-order valence-electron chi connectivity index (χ3n) is 3.27. The predicted octanol–water partition coefficient (Wildman–Crippen LogP) is 0.698. The van der Waals surface area contributed by atoms with E-state index in [-0.39, 0.29) is 12.0 Å². The number of aliphatic hydroxyl groups excluding tert-OH is 1. The molecule has 0 spiro atoms. The summed E-state index contributed by atoms with van der Waals surface area (Å²) in [5.41, 5.74) is 0. The summed E-state index contributed by atoms with van der Waals surface area (Å²) in [4.78, 5) is 22.6. The number of carbonyl (C=O) groups is 2. The van der Waals surface area contributed by atoms with E-state index >= 15 is 0 Å². The Balaban J connectivity index is 2.47. The van der Waals surface area contributed by atoms with Crippen LogP contribution >= 0.6 is 0 Å². The van der Waals surface area contributed by atoms with Gasteiger partial charge in [0.05, 0.1) is 12.1 Å². The molecule has 0 aromatic heterocycles. The van der Waals surface area contributed by atoms with Gasteiger partial charge in [-0.15, -0.1) is 0 Å². The molecule has 0 saturated heterocycles. The Labute approximate surface area is 107 Å². The van der Waals surface area contributed by atoms with Crippen LogP contribution in [0, 0.1) is 5.92 Å². The number of aliphatic hydroxyl groups is 1. The van der Waals surface area contributed by atoms with Crippen LogP contribution in [0.5, 0.6) is 0 Å². The molecule has 0 radical (unpaired) electrons. The van der Waals surface area contributed by atoms with Crippen LogP contribution in [0.25, 0.3) is 0 Å². The van der Waals surface area contributed by atoms with Gasteiger partial charge in [-0.2, -0.15) is 0 Å². The van der Waals surface area contributed by atoms with Crippen molar-refractivity contribution in [1.29, 1.82) is 0 Å². The lowest BCUT2D eigenvalue weighted by molar-refractivity contribution is -0.140. The van der Waals surface area contributed by atoms with Crippen molar-refractivity contribution in [2.75, 3.05) is 0 Å². The minimum Gasteiger partial charge on any atom is -0.480 e. The summed E-state index contributed by atoms with van der Waals surface area (Å²) in [7, 11) is 0. The first-order valence-corrected chi connectivity index (χ1v) is 6.39. The number of aliphatic carboxylic acids is 1. The molecule has 1 aliphatic carbocycles. The van der Waals surface area contributed by atoms with Crippen LogP contribution in [-0.2, 0) is 4.79 Å². The average molecular weight is 258 g/mol. The molecule has 1 aliphatic rings. The SMILES string of the molecule is CC(C)[C@H](NC(=O)NC1CCCCC1O)C(=O)O. The number of amides is 2. The second kappa shape index (κ2) is 6.58. The van der Waals surface area contributed by atoms with E-state index in [1.165, 1.54) is 0 Å². The largest absolute Gasteiger partial charge is 0.480 e. The molecule has 104 valence electrons. The zero-order chi connectivity index (χ0) is 13.7. The average Bonchev–Trinajstić information content (AvgIpc) is 2.28. The maximum atomic E-state index is 11.7. The van der Waals surface area contributed by atoms with Crippen molar-refractivity contribution in [2.45, 2.75) is 57.7 Å². The second-order valence-electron chi connectivity index (χ2n) is 5.14. The first-order valence-electron chi connectivity index (χ1n) is 6.39. The van der Waals surface area contributed by atoms with Crippen molar-refractivity contribution in [1.82, 2.24) is 10.6 Å². The number of carbonyl (C=O) groups excluding carboxylic acids is 1. The molecule has 0 bridgehead atoms. The van der Waals surface area contributed by atoms with Gasteiger partial charge in [0.1, 0.15) is 6.04 Å². The van der Waals surface area contributed by atoms with E-state index in [1.54, 1.807) is 13.8 Å². The van der Waals surface area contributed by atoms with Crippen molar-refractivity contribution in [2.24, 2.45) is 5.92 Å². The predicted molar refractivity (Wildman–Crippen MR) is 66.2 cm³/mol. The van der Waals surface area contributed by atoms with Gasteiger partial charge in [-0.05, 0) is 18.8 Å². The summed E-state index contributed by atoms with van der Waals surface area (Å²) in [6, 6.07) is -1.71. The Morgan fingerprint density at radius 3 is 2.33 bits per heavy atom. The number of carboxylic acid groups (broad SMARTS) is 1. The fourth-order valence-electron chi connectivity index (χ4n) is 2.14. The lowest BCUT2D eigenvalue weighted by Gasteiger charge is -2.29. The Morgan fingerprint density at radius 1 is 1.22 bits per heavy atom. The fraction of sp³-hybridized carbons (Fsp3) is 0.833. The van der Waals surface area contributed by atoms with Gasteiger partial charge in [0.2, 0.25) is 0 Å². The lowest BCUT2D eigenvalue weighted by Crippen LogP contribution is -2.54. The molecule has 3 atom stereocenters. The lowest BCUT2D eigenvalue weighted by atomic mass is 9.93. The summed E-state index contributed by atoms with van der Waals surface area (Å²) in [6.45, 7) is 3.46.